The summed E-state index contributed by atoms with van der Waals surface area (Å²) in [6, 6.07) is 1.56. The van der Waals surface area contributed by atoms with Crippen LogP contribution in [-0.4, -0.2) is 21.7 Å². The predicted octanol–water partition coefficient (Wildman–Crippen LogP) is 2.28. The minimum Gasteiger partial charge on any atom is -0.506 e. The molecule has 0 spiro atoms. The molecule has 1 N–H and O–H groups in total. The molecule has 0 aliphatic heterocycles. The first-order valence-electron chi connectivity index (χ1n) is 4.83. The van der Waals surface area contributed by atoms with Gasteiger partial charge in [-0.1, -0.05) is 0 Å². The van der Waals surface area contributed by atoms with E-state index < -0.39 is 5.60 Å². The summed E-state index contributed by atoms with van der Waals surface area (Å²) in [7, 11) is 0. The van der Waals surface area contributed by atoms with Crippen molar-refractivity contribution in [2.24, 2.45) is 0 Å². The van der Waals surface area contributed by atoms with E-state index in [0.29, 0.717) is 5.69 Å². The number of nitrogens with zero attached hydrogens (tertiary/aromatic N) is 1. The van der Waals surface area contributed by atoms with E-state index in [9.17, 15) is 9.90 Å². The molecule has 0 amide bonds. The maximum atomic E-state index is 11.5. The Kier molecular flexibility index (Phi) is 4.12. The van der Waals surface area contributed by atoms with E-state index in [2.05, 4.69) is 4.98 Å². The molecule has 1 heterocycles. The van der Waals surface area contributed by atoms with Gasteiger partial charge in [-0.2, -0.15) is 0 Å². The van der Waals surface area contributed by atoms with Crippen molar-refractivity contribution in [3.05, 3.63) is 21.5 Å². The molecule has 1 aromatic heterocycles. The molecule has 0 saturated heterocycles. The van der Waals surface area contributed by atoms with Crippen molar-refractivity contribution in [3.8, 4) is 5.75 Å². The molecule has 0 aliphatic rings. The lowest BCUT2D eigenvalue weighted by Crippen LogP contribution is -2.25. The lowest BCUT2D eigenvalue weighted by Gasteiger charge is -2.19. The smallest absolute Gasteiger partial charge is 0.312 e. The zero-order valence-corrected chi connectivity index (χ0v) is 11.6. The Bertz CT molecular complexity index is 399. The Balaban J connectivity index is 2.70. The maximum Gasteiger partial charge on any atom is 0.312 e. The average molecular weight is 335 g/mol. The highest BCUT2D eigenvalue weighted by Crippen LogP contribution is 2.17. The Morgan fingerprint density at radius 1 is 1.56 bits per heavy atom. The molecule has 0 fully saturated rings. The van der Waals surface area contributed by atoms with Crippen LogP contribution in [0.1, 0.15) is 26.5 Å². The third-order valence-electron chi connectivity index (χ3n) is 1.63. The van der Waals surface area contributed by atoms with Crippen LogP contribution < -0.4 is 0 Å². The van der Waals surface area contributed by atoms with Crippen molar-refractivity contribution in [2.75, 3.05) is 0 Å². The molecule has 0 radical (unpaired) electrons. The largest absolute Gasteiger partial charge is 0.506 e. The molecule has 0 saturated carbocycles. The number of carbonyl (C=O) groups excluding carboxylic acids is 1. The zero-order valence-electron chi connectivity index (χ0n) is 9.45. The van der Waals surface area contributed by atoms with E-state index in [-0.39, 0.29) is 18.1 Å². The minimum atomic E-state index is -0.487. The van der Waals surface area contributed by atoms with E-state index in [4.69, 9.17) is 4.74 Å². The third kappa shape index (κ3) is 4.34. The fourth-order valence-electron chi connectivity index (χ4n) is 1.10. The summed E-state index contributed by atoms with van der Waals surface area (Å²) in [4.78, 5) is 15.5. The van der Waals surface area contributed by atoms with Gasteiger partial charge in [-0.3, -0.25) is 9.78 Å². The first-order valence-corrected chi connectivity index (χ1v) is 5.91. The van der Waals surface area contributed by atoms with E-state index >= 15 is 0 Å². The number of pyridine rings is 1. The fourth-order valence-corrected chi connectivity index (χ4v) is 1.75. The van der Waals surface area contributed by atoms with Crippen molar-refractivity contribution in [1.82, 2.24) is 4.98 Å². The Hall–Kier alpha value is -0.850. The molecule has 0 atom stereocenters. The van der Waals surface area contributed by atoms with Crippen LogP contribution in [0.15, 0.2) is 12.3 Å². The molecule has 0 unspecified atom stereocenters. The molecule has 4 nitrogen and oxygen atoms in total. The van der Waals surface area contributed by atoms with Gasteiger partial charge in [-0.05, 0) is 49.4 Å². The predicted molar refractivity (Wildman–Crippen MR) is 68.2 cm³/mol. The van der Waals surface area contributed by atoms with Gasteiger partial charge in [-0.25, -0.2) is 0 Å². The Morgan fingerprint density at radius 3 is 2.69 bits per heavy atom. The molecular formula is C11H14INO3. The van der Waals surface area contributed by atoms with Gasteiger partial charge < -0.3 is 9.84 Å². The number of rotatable bonds is 2. The normalized spacial score (nSPS) is 11.2. The molecular weight excluding hydrogens is 321 g/mol. The quantitative estimate of drug-likeness (QED) is 0.665. The van der Waals surface area contributed by atoms with Gasteiger partial charge in [0.2, 0.25) is 0 Å². The summed E-state index contributed by atoms with van der Waals surface area (Å²) < 4.78 is 5.94. The highest BCUT2D eigenvalue weighted by molar-refractivity contribution is 14.1. The van der Waals surface area contributed by atoms with E-state index in [1.165, 1.54) is 6.20 Å². The maximum absolute atomic E-state index is 11.5. The van der Waals surface area contributed by atoms with Crippen molar-refractivity contribution < 1.29 is 14.6 Å². The third-order valence-corrected chi connectivity index (χ3v) is 2.57. The number of hydrogen-bond donors (Lipinski definition) is 1. The van der Waals surface area contributed by atoms with Gasteiger partial charge in [0.1, 0.15) is 11.4 Å². The molecule has 0 aromatic carbocycles. The van der Waals surface area contributed by atoms with Crippen LogP contribution in [-0.2, 0) is 16.0 Å². The minimum absolute atomic E-state index is 0.0948. The van der Waals surface area contributed by atoms with E-state index in [1.54, 1.807) is 6.07 Å². The number of ether oxygens (including phenoxy) is 1. The van der Waals surface area contributed by atoms with E-state index in [0.717, 1.165) is 3.57 Å². The number of aromatic nitrogens is 1. The Labute approximate surface area is 108 Å². The highest BCUT2D eigenvalue weighted by atomic mass is 127. The van der Waals surface area contributed by atoms with Crippen molar-refractivity contribution in [3.63, 3.8) is 0 Å². The van der Waals surface area contributed by atoms with Gasteiger partial charge >= 0.3 is 5.97 Å². The summed E-state index contributed by atoms with van der Waals surface area (Å²) in [5.41, 5.74) is 0.132. The number of hydrogen-bond acceptors (Lipinski definition) is 4. The van der Waals surface area contributed by atoms with Gasteiger partial charge in [-0.15, -0.1) is 0 Å². The molecule has 1 rings (SSSR count). The summed E-state index contributed by atoms with van der Waals surface area (Å²) in [6.07, 6.45) is 1.44. The second kappa shape index (κ2) is 4.99. The number of carbonyl (C=O) groups is 1. The highest BCUT2D eigenvalue weighted by Gasteiger charge is 2.18. The SMILES string of the molecule is CC(C)(C)OC(=O)Cc1ncc(O)cc1I. The first kappa shape index (κ1) is 13.2. The summed E-state index contributed by atoms with van der Waals surface area (Å²) in [5.74, 6) is -0.221. The van der Waals surface area contributed by atoms with Crippen molar-refractivity contribution >= 4 is 28.6 Å². The average Bonchev–Trinajstić information content (AvgIpc) is 2.06. The standard InChI is InChI=1S/C11H14INO3/c1-11(2,3)16-10(15)5-9-8(12)4-7(14)6-13-9/h4,6,14H,5H2,1-3H3. The number of aromatic hydroxyl groups is 1. The molecule has 0 bridgehead atoms. The molecule has 0 aliphatic carbocycles. The lowest BCUT2D eigenvalue weighted by molar-refractivity contribution is -0.154. The lowest BCUT2D eigenvalue weighted by atomic mass is 10.2. The molecule has 1 aromatic rings. The van der Waals surface area contributed by atoms with Crippen molar-refractivity contribution in [2.45, 2.75) is 32.8 Å². The van der Waals surface area contributed by atoms with Crippen LogP contribution in [0.4, 0.5) is 0 Å². The van der Waals surface area contributed by atoms with Crippen LogP contribution in [0, 0.1) is 3.57 Å². The second-order valence-corrected chi connectivity index (χ2v) is 5.55. The van der Waals surface area contributed by atoms with Gasteiger partial charge in [0.05, 0.1) is 18.3 Å². The molecule has 5 heteroatoms. The molecule has 88 valence electrons. The Morgan fingerprint density at radius 2 is 2.19 bits per heavy atom. The number of halogens is 1. The van der Waals surface area contributed by atoms with E-state index in [1.807, 2.05) is 43.4 Å². The first-order chi connectivity index (χ1) is 7.28. The summed E-state index contributed by atoms with van der Waals surface area (Å²) in [6.45, 7) is 5.46. The van der Waals surface area contributed by atoms with Gasteiger partial charge in [0, 0.05) is 3.57 Å². The van der Waals surface area contributed by atoms with Gasteiger partial charge in [0.15, 0.2) is 0 Å². The van der Waals surface area contributed by atoms with Crippen LogP contribution in [0.25, 0.3) is 0 Å². The van der Waals surface area contributed by atoms with Crippen LogP contribution in [0.3, 0.4) is 0 Å². The number of esters is 1. The molecule has 16 heavy (non-hydrogen) atoms. The van der Waals surface area contributed by atoms with Crippen LogP contribution in [0.5, 0.6) is 5.75 Å². The zero-order chi connectivity index (χ0) is 12.3. The fraction of sp³-hybridized carbons (Fsp3) is 0.455. The summed E-state index contributed by atoms with van der Waals surface area (Å²) in [5, 5.41) is 9.17. The topological polar surface area (TPSA) is 59.4 Å². The monoisotopic (exact) mass is 335 g/mol. The second-order valence-electron chi connectivity index (χ2n) is 4.39. The summed E-state index contributed by atoms with van der Waals surface area (Å²) >= 11 is 2.03. The van der Waals surface area contributed by atoms with Crippen molar-refractivity contribution in [1.29, 1.82) is 0 Å². The van der Waals surface area contributed by atoms with Crippen LogP contribution >= 0.6 is 22.6 Å². The van der Waals surface area contributed by atoms with Gasteiger partial charge in [0.25, 0.3) is 0 Å². The van der Waals surface area contributed by atoms with Crippen LogP contribution in [0.2, 0.25) is 0 Å².